The van der Waals surface area contributed by atoms with Crippen molar-refractivity contribution in [3.63, 3.8) is 0 Å². The van der Waals surface area contributed by atoms with Crippen LogP contribution < -0.4 is 14.9 Å². The number of aromatic nitrogens is 2. The third-order valence-corrected chi connectivity index (χ3v) is 5.70. The van der Waals surface area contributed by atoms with E-state index in [0.29, 0.717) is 23.7 Å². The van der Waals surface area contributed by atoms with Gasteiger partial charge < -0.3 is 10.2 Å². The van der Waals surface area contributed by atoms with E-state index >= 15 is 0 Å². The molecule has 1 aliphatic heterocycles. The first-order valence-corrected chi connectivity index (χ1v) is 10.6. The number of nitrogens with one attached hydrogen (secondary N) is 2. The Labute approximate surface area is 159 Å². The fourth-order valence-electron chi connectivity index (χ4n) is 2.94. The summed E-state index contributed by atoms with van der Waals surface area (Å²) in [5.74, 6) is 0.489. The van der Waals surface area contributed by atoms with Gasteiger partial charge in [0.1, 0.15) is 0 Å². The van der Waals surface area contributed by atoms with Crippen molar-refractivity contribution in [3.05, 3.63) is 48.3 Å². The summed E-state index contributed by atoms with van der Waals surface area (Å²) in [7, 11) is -3.33. The molecule has 0 aliphatic carbocycles. The molecule has 1 aromatic carbocycles. The minimum absolute atomic E-state index is 0.00144. The van der Waals surface area contributed by atoms with Crippen LogP contribution in [0.3, 0.4) is 0 Å². The van der Waals surface area contributed by atoms with Gasteiger partial charge in [-0.15, -0.1) is 0 Å². The molecule has 0 spiro atoms. The first-order valence-electron chi connectivity index (χ1n) is 8.90. The van der Waals surface area contributed by atoms with Gasteiger partial charge in [0.25, 0.3) is 5.91 Å². The van der Waals surface area contributed by atoms with Gasteiger partial charge in [0.15, 0.2) is 0 Å². The molecular formula is C18H23N5O3S. The van der Waals surface area contributed by atoms with Crippen molar-refractivity contribution in [2.45, 2.75) is 25.8 Å². The average molecular weight is 389 g/mol. The zero-order valence-corrected chi connectivity index (χ0v) is 15.9. The number of sulfonamides is 1. The van der Waals surface area contributed by atoms with Crippen molar-refractivity contribution in [2.75, 3.05) is 28.5 Å². The molecule has 9 heteroatoms. The number of hydrogen-bond donors (Lipinski definition) is 2. The van der Waals surface area contributed by atoms with E-state index < -0.39 is 10.0 Å². The maximum Gasteiger partial charge on any atom is 0.251 e. The number of piperidine rings is 1. The monoisotopic (exact) mass is 389 g/mol. The summed E-state index contributed by atoms with van der Waals surface area (Å²) in [6, 6.07) is 8.19. The van der Waals surface area contributed by atoms with Crippen LogP contribution >= 0.6 is 0 Å². The summed E-state index contributed by atoms with van der Waals surface area (Å²) < 4.78 is 25.6. The van der Waals surface area contributed by atoms with Crippen LogP contribution in [0.5, 0.6) is 0 Å². The first-order chi connectivity index (χ1) is 13.0. The van der Waals surface area contributed by atoms with Crippen molar-refractivity contribution >= 4 is 27.6 Å². The van der Waals surface area contributed by atoms with Gasteiger partial charge in [-0.25, -0.2) is 18.4 Å². The lowest BCUT2D eigenvalue weighted by atomic mass is 10.1. The number of amides is 1. The van der Waals surface area contributed by atoms with Crippen LogP contribution in [0.15, 0.2) is 42.7 Å². The van der Waals surface area contributed by atoms with Gasteiger partial charge >= 0.3 is 0 Å². The highest BCUT2D eigenvalue weighted by atomic mass is 32.2. The van der Waals surface area contributed by atoms with Crippen LogP contribution in [0.2, 0.25) is 0 Å². The zero-order valence-electron chi connectivity index (χ0n) is 15.1. The molecule has 1 atom stereocenters. The lowest BCUT2D eigenvalue weighted by molar-refractivity contribution is 0.0933. The van der Waals surface area contributed by atoms with E-state index in [4.69, 9.17) is 0 Å². The van der Waals surface area contributed by atoms with Crippen molar-refractivity contribution in [3.8, 4) is 0 Å². The Bertz CT molecular complexity index is 872. The molecule has 0 unspecified atom stereocenters. The van der Waals surface area contributed by atoms with E-state index in [1.54, 1.807) is 49.6 Å². The van der Waals surface area contributed by atoms with Gasteiger partial charge in [-0.3, -0.25) is 9.52 Å². The van der Waals surface area contributed by atoms with E-state index in [1.807, 2.05) is 0 Å². The standard InChI is InChI=1S/C18H23N5O3S/c1-2-27(25,26)22-15-8-6-14(7-9-15)17(24)21-16-5-3-12-23(13-16)18-19-10-4-11-20-18/h4,6-11,16,22H,2-3,5,12-13H2,1H3,(H,21,24)/t16-/m0/s1. The van der Waals surface area contributed by atoms with Gasteiger partial charge in [-0.2, -0.15) is 0 Å². The second kappa shape index (κ2) is 8.34. The second-order valence-corrected chi connectivity index (χ2v) is 8.40. The summed E-state index contributed by atoms with van der Waals surface area (Å²) in [5.41, 5.74) is 0.931. The molecule has 0 bridgehead atoms. The number of carbonyl (C=O) groups excluding carboxylic acids is 1. The maximum absolute atomic E-state index is 12.5. The maximum atomic E-state index is 12.5. The summed E-state index contributed by atoms with van der Waals surface area (Å²) in [4.78, 5) is 23.1. The Morgan fingerprint density at radius 2 is 1.93 bits per heavy atom. The average Bonchev–Trinajstić information content (AvgIpc) is 2.69. The number of benzene rings is 1. The molecule has 1 fully saturated rings. The molecule has 3 rings (SSSR count). The van der Waals surface area contributed by atoms with E-state index in [9.17, 15) is 13.2 Å². The topological polar surface area (TPSA) is 104 Å². The minimum atomic E-state index is -3.33. The molecule has 1 saturated heterocycles. The SMILES string of the molecule is CCS(=O)(=O)Nc1ccc(C(=O)N[C@H]2CCCN(c3ncccn3)C2)cc1. The molecule has 27 heavy (non-hydrogen) atoms. The minimum Gasteiger partial charge on any atom is -0.348 e. The molecule has 2 N–H and O–H groups in total. The molecule has 1 amide bonds. The Kier molecular flexibility index (Phi) is 5.90. The highest BCUT2D eigenvalue weighted by Gasteiger charge is 2.23. The molecule has 0 saturated carbocycles. The van der Waals surface area contributed by atoms with Crippen LogP contribution in [0.4, 0.5) is 11.6 Å². The molecule has 2 aromatic rings. The van der Waals surface area contributed by atoms with E-state index in [-0.39, 0.29) is 17.7 Å². The first kappa shape index (κ1) is 19.1. The van der Waals surface area contributed by atoms with E-state index in [1.165, 1.54) is 0 Å². The lowest BCUT2D eigenvalue weighted by Crippen LogP contribution is -2.48. The van der Waals surface area contributed by atoms with E-state index in [2.05, 4.69) is 24.9 Å². The summed E-state index contributed by atoms with van der Waals surface area (Å²) in [6.07, 6.45) is 5.25. The van der Waals surface area contributed by atoms with Crippen molar-refractivity contribution in [1.29, 1.82) is 0 Å². The lowest BCUT2D eigenvalue weighted by Gasteiger charge is -2.33. The zero-order chi connectivity index (χ0) is 19.3. The van der Waals surface area contributed by atoms with Crippen LogP contribution in [0.25, 0.3) is 0 Å². The summed E-state index contributed by atoms with van der Waals surface area (Å²) in [5, 5.41) is 3.04. The molecule has 0 radical (unpaired) electrons. The molecule has 2 heterocycles. The Morgan fingerprint density at radius 1 is 1.22 bits per heavy atom. The number of carbonyl (C=O) groups is 1. The van der Waals surface area contributed by atoms with Gasteiger partial charge in [-0.1, -0.05) is 0 Å². The molecular weight excluding hydrogens is 366 g/mol. The number of rotatable bonds is 6. The fraction of sp³-hybridized carbons (Fsp3) is 0.389. The molecule has 8 nitrogen and oxygen atoms in total. The molecule has 1 aromatic heterocycles. The predicted octanol–water partition coefficient (Wildman–Crippen LogP) is 1.64. The van der Waals surface area contributed by atoms with Gasteiger partial charge in [0.2, 0.25) is 16.0 Å². The van der Waals surface area contributed by atoms with Crippen molar-refractivity contribution in [1.82, 2.24) is 15.3 Å². The number of nitrogens with zero attached hydrogens (tertiary/aromatic N) is 3. The van der Waals surface area contributed by atoms with Gasteiger partial charge in [-0.05, 0) is 50.1 Å². The largest absolute Gasteiger partial charge is 0.348 e. The highest BCUT2D eigenvalue weighted by molar-refractivity contribution is 7.92. The smallest absolute Gasteiger partial charge is 0.251 e. The van der Waals surface area contributed by atoms with E-state index in [0.717, 1.165) is 19.4 Å². The van der Waals surface area contributed by atoms with Crippen LogP contribution in [-0.4, -0.2) is 49.2 Å². The fourth-order valence-corrected chi connectivity index (χ4v) is 3.58. The Balaban J connectivity index is 1.60. The van der Waals surface area contributed by atoms with Crippen LogP contribution in [0, 0.1) is 0 Å². The number of hydrogen-bond acceptors (Lipinski definition) is 6. The van der Waals surface area contributed by atoms with Crippen molar-refractivity contribution < 1.29 is 13.2 Å². The quantitative estimate of drug-likeness (QED) is 0.778. The van der Waals surface area contributed by atoms with Crippen LogP contribution in [0.1, 0.15) is 30.1 Å². The molecule has 1 aliphatic rings. The summed E-state index contributed by atoms with van der Waals surface area (Å²) >= 11 is 0. The van der Waals surface area contributed by atoms with Gasteiger partial charge in [0.05, 0.1) is 5.75 Å². The highest BCUT2D eigenvalue weighted by Crippen LogP contribution is 2.16. The molecule has 144 valence electrons. The van der Waals surface area contributed by atoms with Crippen molar-refractivity contribution in [2.24, 2.45) is 0 Å². The van der Waals surface area contributed by atoms with Crippen LogP contribution in [-0.2, 0) is 10.0 Å². The van der Waals surface area contributed by atoms with Gasteiger partial charge in [0, 0.05) is 42.8 Å². The Hall–Kier alpha value is -2.68. The number of anilines is 2. The third-order valence-electron chi connectivity index (χ3n) is 4.39. The Morgan fingerprint density at radius 3 is 2.59 bits per heavy atom. The third kappa shape index (κ3) is 5.16. The normalized spacial score (nSPS) is 17.4. The predicted molar refractivity (Wildman–Crippen MR) is 104 cm³/mol. The second-order valence-electron chi connectivity index (χ2n) is 6.39. The summed E-state index contributed by atoms with van der Waals surface area (Å²) in [6.45, 7) is 3.09.